The lowest BCUT2D eigenvalue weighted by molar-refractivity contribution is 0.416. The molecule has 2 N–H and O–H groups in total. The number of methoxy groups -OCH3 is 1. The van der Waals surface area contributed by atoms with E-state index in [1.165, 1.54) is 13.2 Å². The number of nitrogens with zero attached hydrogens (tertiary/aromatic N) is 2. The van der Waals surface area contributed by atoms with Crippen molar-refractivity contribution in [1.29, 1.82) is 0 Å². The van der Waals surface area contributed by atoms with E-state index in [2.05, 4.69) is 4.98 Å². The summed E-state index contributed by atoms with van der Waals surface area (Å²) in [5.41, 5.74) is 9.19. The molecule has 0 aliphatic rings. The minimum Gasteiger partial charge on any atom is -0.495 e. The monoisotopic (exact) mass is 281 g/mol. The first-order chi connectivity index (χ1) is 9.02. The van der Waals surface area contributed by atoms with Gasteiger partial charge in [-0.15, -0.1) is 11.3 Å². The van der Waals surface area contributed by atoms with Crippen molar-refractivity contribution < 1.29 is 9.13 Å². The number of thiazole rings is 1. The van der Waals surface area contributed by atoms with Gasteiger partial charge in [0.25, 0.3) is 0 Å². The maximum atomic E-state index is 14.0. The standard InChI is InChI=1S/C13H16FN3OS/c1-8-13(19-7-16-8)6-17(2)11-5-12(18-3)10(15)4-9(11)14/h4-5,7H,6,15H2,1-3H3. The molecule has 0 spiro atoms. The summed E-state index contributed by atoms with van der Waals surface area (Å²) < 4.78 is 19.1. The van der Waals surface area contributed by atoms with Crippen LogP contribution in [0.1, 0.15) is 10.6 Å². The molecule has 0 unspecified atom stereocenters. The summed E-state index contributed by atoms with van der Waals surface area (Å²) in [6.07, 6.45) is 0. The number of nitrogen functional groups attached to an aromatic ring is 1. The molecule has 0 radical (unpaired) electrons. The number of aromatic nitrogens is 1. The fourth-order valence-corrected chi connectivity index (χ4v) is 2.64. The average molecular weight is 281 g/mol. The third-order valence-corrected chi connectivity index (χ3v) is 3.86. The average Bonchev–Trinajstić information content (AvgIpc) is 2.75. The van der Waals surface area contributed by atoms with Gasteiger partial charge in [-0.3, -0.25) is 0 Å². The molecule has 0 saturated heterocycles. The Labute approximate surface area is 115 Å². The van der Waals surface area contributed by atoms with Crippen LogP contribution in [0, 0.1) is 12.7 Å². The topological polar surface area (TPSA) is 51.4 Å². The zero-order valence-electron chi connectivity index (χ0n) is 11.1. The lowest BCUT2D eigenvalue weighted by Gasteiger charge is -2.20. The molecule has 0 amide bonds. The lowest BCUT2D eigenvalue weighted by atomic mass is 10.2. The normalized spacial score (nSPS) is 10.5. The summed E-state index contributed by atoms with van der Waals surface area (Å²) in [5.74, 6) is 0.118. The van der Waals surface area contributed by atoms with Crippen LogP contribution in [-0.4, -0.2) is 19.1 Å². The number of halogens is 1. The largest absolute Gasteiger partial charge is 0.495 e. The SMILES string of the molecule is COc1cc(N(C)Cc2scnc2C)c(F)cc1N. The number of ether oxygens (including phenoxy) is 1. The highest BCUT2D eigenvalue weighted by atomic mass is 32.1. The van der Waals surface area contributed by atoms with Crippen LogP contribution in [-0.2, 0) is 6.54 Å². The smallest absolute Gasteiger partial charge is 0.148 e. The van der Waals surface area contributed by atoms with Crippen LogP contribution in [0.15, 0.2) is 17.6 Å². The van der Waals surface area contributed by atoms with Crippen LogP contribution in [0.4, 0.5) is 15.8 Å². The van der Waals surface area contributed by atoms with Crippen LogP contribution in [0.2, 0.25) is 0 Å². The molecule has 0 fully saturated rings. The predicted octanol–water partition coefficient (Wildman–Crippen LogP) is 2.82. The van der Waals surface area contributed by atoms with E-state index in [4.69, 9.17) is 10.5 Å². The van der Waals surface area contributed by atoms with Crippen LogP contribution in [0.25, 0.3) is 0 Å². The van der Waals surface area contributed by atoms with Gasteiger partial charge in [-0.1, -0.05) is 0 Å². The molecule has 1 aromatic carbocycles. The van der Waals surface area contributed by atoms with Crippen molar-refractivity contribution in [2.75, 3.05) is 24.8 Å². The summed E-state index contributed by atoms with van der Waals surface area (Å²) >= 11 is 1.56. The zero-order valence-corrected chi connectivity index (χ0v) is 11.9. The van der Waals surface area contributed by atoms with E-state index in [0.717, 1.165) is 10.6 Å². The minimum atomic E-state index is -0.358. The van der Waals surface area contributed by atoms with Crippen molar-refractivity contribution in [3.63, 3.8) is 0 Å². The Balaban J connectivity index is 2.28. The Bertz CT molecular complexity index is 585. The van der Waals surface area contributed by atoms with Gasteiger partial charge < -0.3 is 15.4 Å². The van der Waals surface area contributed by atoms with Crippen molar-refractivity contribution in [2.24, 2.45) is 0 Å². The molecule has 1 aromatic heterocycles. The van der Waals surface area contributed by atoms with E-state index < -0.39 is 0 Å². The van der Waals surface area contributed by atoms with Gasteiger partial charge in [0.2, 0.25) is 0 Å². The zero-order chi connectivity index (χ0) is 14.0. The molecule has 0 bridgehead atoms. The number of anilines is 2. The lowest BCUT2D eigenvalue weighted by Crippen LogP contribution is -2.18. The maximum Gasteiger partial charge on any atom is 0.148 e. The molecule has 0 aliphatic carbocycles. The molecule has 2 rings (SSSR count). The molecular weight excluding hydrogens is 265 g/mol. The second-order valence-electron chi connectivity index (χ2n) is 4.26. The van der Waals surface area contributed by atoms with Crippen LogP contribution in [0.3, 0.4) is 0 Å². The molecule has 1 heterocycles. The van der Waals surface area contributed by atoms with Crippen LogP contribution >= 0.6 is 11.3 Å². The highest BCUT2D eigenvalue weighted by Gasteiger charge is 2.14. The van der Waals surface area contributed by atoms with Gasteiger partial charge in [-0.25, -0.2) is 9.37 Å². The van der Waals surface area contributed by atoms with Crippen LogP contribution < -0.4 is 15.4 Å². The first-order valence-electron chi connectivity index (χ1n) is 5.76. The molecular formula is C13H16FN3OS. The van der Waals surface area contributed by atoms with Gasteiger partial charge in [0.05, 0.1) is 36.2 Å². The number of hydrogen-bond donors (Lipinski definition) is 1. The van der Waals surface area contributed by atoms with E-state index in [9.17, 15) is 4.39 Å². The summed E-state index contributed by atoms with van der Waals surface area (Å²) in [4.78, 5) is 7.11. The Morgan fingerprint density at radius 1 is 1.47 bits per heavy atom. The van der Waals surface area contributed by atoms with E-state index in [-0.39, 0.29) is 5.82 Å². The maximum absolute atomic E-state index is 14.0. The molecule has 0 atom stereocenters. The van der Waals surface area contributed by atoms with E-state index >= 15 is 0 Å². The van der Waals surface area contributed by atoms with E-state index in [1.807, 2.05) is 18.9 Å². The second kappa shape index (κ2) is 5.44. The Morgan fingerprint density at radius 3 is 2.79 bits per heavy atom. The molecule has 4 nitrogen and oxygen atoms in total. The van der Waals surface area contributed by atoms with E-state index in [0.29, 0.717) is 23.7 Å². The third kappa shape index (κ3) is 2.78. The molecule has 19 heavy (non-hydrogen) atoms. The fourth-order valence-electron chi connectivity index (χ4n) is 1.81. The number of benzene rings is 1. The minimum absolute atomic E-state index is 0.297. The quantitative estimate of drug-likeness (QED) is 0.876. The molecule has 2 aromatic rings. The number of nitrogens with two attached hydrogens (primary N) is 1. The first-order valence-corrected chi connectivity index (χ1v) is 6.64. The van der Waals surface area contributed by atoms with Gasteiger partial charge in [0, 0.05) is 24.1 Å². The Hall–Kier alpha value is -1.82. The summed E-state index contributed by atoms with van der Waals surface area (Å²) in [6, 6.07) is 2.89. The van der Waals surface area contributed by atoms with Crippen molar-refractivity contribution in [2.45, 2.75) is 13.5 Å². The number of hydrogen-bond acceptors (Lipinski definition) is 5. The Kier molecular flexibility index (Phi) is 3.90. The van der Waals surface area contributed by atoms with Gasteiger partial charge in [0.1, 0.15) is 11.6 Å². The Morgan fingerprint density at radius 2 is 2.21 bits per heavy atom. The van der Waals surface area contributed by atoms with Gasteiger partial charge in [0.15, 0.2) is 0 Å². The first kappa shape index (κ1) is 13.6. The summed E-state index contributed by atoms with van der Waals surface area (Å²) in [6.45, 7) is 2.54. The third-order valence-electron chi connectivity index (χ3n) is 2.94. The van der Waals surface area contributed by atoms with Crippen molar-refractivity contribution >= 4 is 22.7 Å². The van der Waals surface area contributed by atoms with Gasteiger partial charge >= 0.3 is 0 Å². The molecule has 102 valence electrons. The van der Waals surface area contributed by atoms with Crippen molar-refractivity contribution in [3.8, 4) is 5.75 Å². The van der Waals surface area contributed by atoms with Crippen molar-refractivity contribution in [3.05, 3.63) is 34.0 Å². The van der Waals surface area contributed by atoms with Gasteiger partial charge in [-0.2, -0.15) is 0 Å². The van der Waals surface area contributed by atoms with E-state index in [1.54, 1.807) is 22.9 Å². The number of rotatable bonds is 4. The summed E-state index contributed by atoms with van der Waals surface area (Å²) in [5, 5.41) is 0. The molecule has 0 saturated carbocycles. The van der Waals surface area contributed by atoms with Crippen LogP contribution in [0.5, 0.6) is 5.75 Å². The molecule has 0 aliphatic heterocycles. The highest BCUT2D eigenvalue weighted by Crippen LogP contribution is 2.31. The highest BCUT2D eigenvalue weighted by molar-refractivity contribution is 7.09. The fraction of sp³-hybridized carbons (Fsp3) is 0.308. The van der Waals surface area contributed by atoms with Gasteiger partial charge in [-0.05, 0) is 6.92 Å². The predicted molar refractivity (Wildman–Crippen MR) is 76.3 cm³/mol. The summed E-state index contributed by atoms with van der Waals surface area (Å²) in [7, 11) is 3.34. The number of aryl methyl sites for hydroxylation is 1. The molecule has 6 heteroatoms. The second-order valence-corrected chi connectivity index (χ2v) is 5.20. The van der Waals surface area contributed by atoms with Crippen molar-refractivity contribution in [1.82, 2.24) is 4.98 Å².